The van der Waals surface area contributed by atoms with Gasteiger partial charge >= 0.3 is 12.2 Å². The minimum atomic E-state index is -5.03. The average Bonchev–Trinajstić information content (AvgIpc) is 3.62. The summed E-state index contributed by atoms with van der Waals surface area (Å²) in [5.74, 6) is -2.11. The van der Waals surface area contributed by atoms with E-state index in [0.29, 0.717) is 13.0 Å². The Morgan fingerprint density at radius 2 is 1.95 bits per heavy atom. The molecule has 3 aliphatic heterocycles. The van der Waals surface area contributed by atoms with Crippen molar-refractivity contribution in [3.05, 3.63) is 35.4 Å². The highest BCUT2D eigenvalue weighted by Gasteiger charge is 2.49. The highest BCUT2D eigenvalue weighted by atomic mass is 32.1. The molecule has 0 amide bonds. The Balaban J connectivity index is 1.43. The van der Waals surface area contributed by atoms with Crippen LogP contribution < -0.4 is 15.4 Å². The molecular weight excluding hydrogens is 598 g/mol. The largest absolute Gasteiger partial charge is 0.461 e. The van der Waals surface area contributed by atoms with E-state index in [1.165, 1.54) is 0 Å². The highest BCUT2D eigenvalue weighted by molar-refractivity contribution is 7.22. The van der Waals surface area contributed by atoms with Gasteiger partial charge in [0.25, 0.3) is 0 Å². The minimum Gasteiger partial charge on any atom is -0.461 e. The number of halogens is 6. The monoisotopic (exact) mass is 624 g/mol. The zero-order chi connectivity index (χ0) is 30.4. The molecule has 2 aromatic heterocycles. The molecule has 43 heavy (non-hydrogen) atoms. The molecule has 4 aromatic rings. The summed E-state index contributed by atoms with van der Waals surface area (Å²) in [6.45, 7) is 2.72. The molecule has 0 aliphatic carbocycles. The molecule has 3 aliphatic rings. The van der Waals surface area contributed by atoms with E-state index in [4.69, 9.17) is 10.5 Å². The van der Waals surface area contributed by atoms with Gasteiger partial charge in [0.05, 0.1) is 33.5 Å². The number of aliphatic hydroxyl groups excluding tert-OH is 1. The second-order valence-corrected chi connectivity index (χ2v) is 12.5. The molecular formula is C28H26F6N6O2S. The van der Waals surface area contributed by atoms with Gasteiger partial charge in [-0.2, -0.15) is 23.1 Å². The van der Waals surface area contributed by atoms with Gasteiger partial charge in [-0.3, -0.25) is 4.90 Å². The molecule has 3 saturated heterocycles. The van der Waals surface area contributed by atoms with Crippen LogP contribution in [0.5, 0.6) is 6.01 Å². The number of nitrogens with zero attached hydrogens (tertiary/aromatic N) is 5. The first-order valence-corrected chi connectivity index (χ1v) is 14.6. The van der Waals surface area contributed by atoms with Gasteiger partial charge in [0.15, 0.2) is 10.9 Å². The molecule has 15 heteroatoms. The SMILES string of the molecule is CC1C(O)CN1c1nc(OC[C@@]23CCCN2C[C@H](F)C3)nc2c(F)c(-c3ccc(F)c4sc(N)nc34)c(C(F)(F)F)cc12. The Hall–Kier alpha value is -3.43. The number of hydrogen-bond donors (Lipinski definition) is 2. The van der Waals surface area contributed by atoms with Gasteiger partial charge in [-0.15, -0.1) is 0 Å². The maximum Gasteiger partial charge on any atom is 0.417 e. The Morgan fingerprint density at radius 1 is 1.16 bits per heavy atom. The first kappa shape index (κ1) is 28.3. The highest BCUT2D eigenvalue weighted by Crippen LogP contribution is 2.47. The van der Waals surface area contributed by atoms with Crippen molar-refractivity contribution in [3.63, 3.8) is 0 Å². The zero-order valence-corrected chi connectivity index (χ0v) is 23.6. The number of aliphatic hydroxyl groups is 1. The number of rotatable bonds is 5. The van der Waals surface area contributed by atoms with E-state index in [1.807, 2.05) is 4.90 Å². The van der Waals surface area contributed by atoms with Crippen molar-refractivity contribution < 1.29 is 36.2 Å². The Bertz CT molecular complexity index is 1770. The lowest BCUT2D eigenvalue weighted by Gasteiger charge is -2.44. The summed E-state index contributed by atoms with van der Waals surface area (Å²) < 4.78 is 95.1. The molecule has 3 fully saturated rings. The van der Waals surface area contributed by atoms with Gasteiger partial charge < -0.3 is 20.5 Å². The van der Waals surface area contributed by atoms with Crippen molar-refractivity contribution >= 4 is 43.4 Å². The molecule has 7 rings (SSSR count). The molecule has 0 bridgehead atoms. The number of thiazole rings is 1. The van der Waals surface area contributed by atoms with Gasteiger partial charge in [-0.1, -0.05) is 11.3 Å². The number of β-amino-alcohol motifs (C(OH)–C–C–N with tert-alkyl or cyclic N) is 1. The molecule has 0 radical (unpaired) electrons. The summed E-state index contributed by atoms with van der Waals surface area (Å²) in [4.78, 5) is 16.2. The fourth-order valence-electron chi connectivity index (χ4n) is 6.67. The molecule has 3 N–H and O–H groups in total. The summed E-state index contributed by atoms with van der Waals surface area (Å²) >= 11 is 0.737. The first-order valence-electron chi connectivity index (χ1n) is 13.8. The molecule has 0 saturated carbocycles. The quantitative estimate of drug-likeness (QED) is 0.289. The van der Waals surface area contributed by atoms with Crippen molar-refractivity contribution in [3.8, 4) is 17.1 Å². The molecule has 5 heterocycles. The predicted molar refractivity (Wildman–Crippen MR) is 149 cm³/mol. The summed E-state index contributed by atoms with van der Waals surface area (Å²) in [6.07, 6.45) is -5.02. The first-order chi connectivity index (χ1) is 20.4. The smallest absolute Gasteiger partial charge is 0.417 e. The topological polar surface area (TPSA) is 101 Å². The lowest BCUT2D eigenvalue weighted by atomic mass is 9.94. The fraction of sp³-hybridized carbons (Fsp3) is 0.464. The minimum absolute atomic E-state index is 0.0162. The predicted octanol–water partition coefficient (Wildman–Crippen LogP) is 5.31. The van der Waals surface area contributed by atoms with Crippen molar-refractivity contribution in [2.75, 3.05) is 36.9 Å². The second kappa shape index (κ2) is 9.79. The zero-order valence-electron chi connectivity index (χ0n) is 22.8. The van der Waals surface area contributed by atoms with Crippen molar-refractivity contribution in [2.24, 2.45) is 0 Å². The van der Waals surface area contributed by atoms with E-state index in [1.54, 1.807) is 11.8 Å². The lowest BCUT2D eigenvalue weighted by Crippen LogP contribution is -2.59. The molecule has 228 valence electrons. The summed E-state index contributed by atoms with van der Waals surface area (Å²) in [6, 6.07) is 1.92. The number of ether oxygens (including phenoxy) is 1. The van der Waals surface area contributed by atoms with Gasteiger partial charge in [-0.05, 0) is 44.5 Å². The van der Waals surface area contributed by atoms with Crippen LogP contribution in [0.15, 0.2) is 18.2 Å². The molecule has 2 aromatic carbocycles. The third-order valence-electron chi connectivity index (χ3n) is 8.91. The van der Waals surface area contributed by atoms with Crippen molar-refractivity contribution in [2.45, 2.75) is 56.2 Å². The summed E-state index contributed by atoms with van der Waals surface area (Å²) in [5, 5.41) is 9.83. The number of aromatic nitrogens is 3. The Morgan fingerprint density at radius 3 is 2.67 bits per heavy atom. The second-order valence-electron chi connectivity index (χ2n) is 11.5. The molecule has 0 spiro atoms. The van der Waals surface area contributed by atoms with Gasteiger partial charge in [0.1, 0.15) is 29.9 Å². The maximum absolute atomic E-state index is 16.6. The normalized spacial score (nSPS) is 26.0. The summed E-state index contributed by atoms with van der Waals surface area (Å²) in [7, 11) is 0. The molecule has 2 unspecified atom stereocenters. The Labute approximate surface area is 245 Å². The van der Waals surface area contributed by atoms with Crippen LogP contribution in [0.25, 0.3) is 32.2 Å². The number of nitrogens with two attached hydrogens (primary N) is 1. The van der Waals surface area contributed by atoms with E-state index < -0.39 is 58.3 Å². The van der Waals surface area contributed by atoms with Crippen LogP contribution in [0.2, 0.25) is 0 Å². The lowest BCUT2D eigenvalue weighted by molar-refractivity contribution is -0.137. The van der Waals surface area contributed by atoms with Crippen LogP contribution in [-0.4, -0.2) is 75.1 Å². The standard InChI is InChI=1S/C28H26F6N6O2S/c1-12-18(41)10-40(12)24-15-7-16(28(32,33)34)19(14-3-4-17(30)23-22(14)36-25(35)43-23)20(31)21(15)37-26(38-24)42-11-27-5-2-6-39(27)9-13(29)8-27/h3-4,7,12-13,18,41H,2,5-6,8-11H2,1H3,(H2,35,36)/t12?,13-,18?,27+/m1/s1. The number of nitrogen functional groups attached to an aromatic ring is 1. The van der Waals surface area contributed by atoms with Crippen LogP contribution in [0.1, 0.15) is 31.7 Å². The third-order valence-corrected chi connectivity index (χ3v) is 9.81. The fourth-order valence-corrected chi connectivity index (χ4v) is 7.44. The van der Waals surface area contributed by atoms with Crippen LogP contribution in [0.3, 0.4) is 0 Å². The van der Waals surface area contributed by atoms with E-state index in [9.17, 15) is 27.1 Å². The van der Waals surface area contributed by atoms with Crippen LogP contribution in [-0.2, 0) is 6.18 Å². The maximum atomic E-state index is 16.6. The van der Waals surface area contributed by atoms with E-state index in [-0.39, 0.29) is 64.2 Å². The van der Waals surface area contributed by atoms with Gasteiger partial charge in [-0.25, -0.2) is 18.2 Å². The van der Waals surface area contributed by atoms with Crippen LogP contribution >= 0.6 is 11.3 Å². The van der Waals surface area contributed by atoms with Crippen molar-refractivity contribution in [1.82, 2.24) is 19.9 Å². The van der Waals surface area contributed by atoms with Crippen LogP contribution in [0, 0.1) is 11.6 Å². The number of benzene rings is 2. The van der Waals surface area contributed by atoms with E-state index >= 15 is 4.39 Å². The third kappa shape index (κ3) is 4.46. The Kier molecular flexibility index (Phi) is 6.45. The van der Waals surface area contributed by atoms with Gasteiger partial charge in [0, 0.05) is 36.0 Å². The van der Waals surface area contributed by atoms with Crippen LogP contribution in [0.4, 0.5) is 37.3 Å². The average molecular weight is 625 g/mol. The van der Waals surface area contributed by atoms with Gasteiger partial charge in [0.2, 0.25) is 0 Å². The number of fused-ring (bicyclic) bond motifs is 3. The number of hydrogen-bond acceptors (Lipinski definition) is 9. The van der Waals surface area contributed by atoms with E-state index in [2.05, 4.69) is 15.0 Å². The molecule has 4 atom stereocenters. The summed E-state index contributed by atoms with van der Waals surface area (Å²) in [5.41, 5.74) is 2.01. The molecule has 8 nitrogen and oxygen atoms in total. The number of alkyl halides is 4. The van der Waals surface area contributed by atoms with E-state index in [0.717, 1.165) is 36.0 Å². The number of anilines is 2. The van der Waals surface area contributed by atoms with Crippen molar-refractivity contribution in [1.29, 1.82) is 0 Å².